The highest BCUT2D eigenvalue weighted by molar-refractivity contribution is 5.71. The molecule has 0 spiro atoms. The van der Waals surface area contributed by atoms with Gasteiger partial charge in [0.25, 0.3) is 0 Å². The van der Waals surface area contributed by atoms with Crippen LogP contribution in [0.1, 0.15) is 329 Å². The van der Waals surface area contributed by atoms with E-state index < -0.39 is 6.10 Å². The maximum Gasteiger partial charge on any atom is 0.306 e. The fourth-order valence-corrected chi connectivity index (χ4v) is 9.16. The van der Waals surface area contributed by atoms with Crippen molar-refractivity contribution in [1.82, 2.24) is 0 Å². The van der Waals surface area contributed by atoms with Crippen LogP contribution >= 0.6 is 0 Å². The van der Waals surface area contributed by atoms with E-state index in [0.29, 0.717) is 19.3 Å². The molecule has 0 unspecified atom stereocenters. The van der Waals surface area contributed by atoms with E-state index in [9.17, 15) is 14.4 Å². The first-order chi connectivity index (χ1) is 35.0. The molecule has 0 heterocycles. The van der Waals surface area contributed by atoms with Gasteiger partial charge in [0.05, 0.1) is 0 Å². The number of esters is 3. The van der Waals surface area contributed by atoms with E-state index in [1.807, 2.05) is 0 Å². The molecule has 0 saturated heterocycles. The smallest absolute Gasteiger partial charge is 0.306 e. The number of rotatable bonds is 57. The standard InChI is InChI=1S/C65H118O6/c1-4-7-10-13-16-19-22-25-28-30-31-32-33-35-37-40-43-46-49-52-55-58-64(67)70-61-62(60-69-63(66)57-54-51-48-45-42-39-36-27-24-21-18-15-12-9-6-3)71-65(68)59-56-53-50-47-44-41-38-34-29-26-23-20-17-14-11-8-5-2/h9,12,18,21,26-27,29,36,62H,4-8,10-11,13-17,19-20,22-25,28,30-35,37-61H2,1-3H3/b12-9-,21-18-,29-26-,36-27-/t62-/m1/s1. The third-order valence-electron chi connectivity index (χ3n) is 13.8. The molecule has 0 amide bonds. The molecule has 0 rings (SSSR count). The summed E-state index contributed by atoms with van der Waals surface area (Å²) in [7, 11) is 0. The highest BCUT2D eigenvalue weighted by Gasteiger charge is 2.19. The summed E-state index contributed by atoms with van der Waals surface area (Å²) in [5.41, 5.74) is 0. The van der Waals surface area contributed by atoms with Gasteiger partial charge in [0.1, 0.15) is 13.2 Å². The Balaban J connectivity index is 4.33. The molecule has 0 aromatic rings. The summed E-state index contributed by atoms with van der Waals surface area (Å²) in [5.74, 6) is -0.880. The van der Waals surface area contributed by atoms with E-state index in [4.69, 9.17) is 14.2 Å². The van der Waals surface area contributed by atoms with Crippen LogP contribution in [0.2, 0.25) is 0 Å². The Kier molecular flexibility index (Phi) is 57.7. The van der Waals surface area contributed by atoms with Crippen molar-refractivity contribution in [3.8, 4) is 0 Å². The van der Waals surface area contributed by atoms with Crippen molar-refractivity contribution in [3.63, 3.8) is 0 Å². The van der Waals surface area contributed by atoms with Gasteiger partial charge in [0.15, 0.2) is 6.10 Å². The molecule has 0 aliphatic carbocycles. The summed E-state index contributed by atoms with van der Waals surface area (Å²) in [4.78, 5) is 38.3. The molecule has 0 aliphatic rings. The Morgan fingerprint density at radius 3 is 0.873 bits per heavy atom. The zero-order valence-corrected chi connectivity index (χ0v) is 47.5. The van der Waals surface area contributed by atoms with Crippen molar-refractivity contribution in [3.05, 3.63) is 48.6 Å². The van der Waals surface area contributed by atoms with E-state index in [2.05, 4.69) is 69.4 Å². The SMILES string of the molecule is CC/C=C\C/C=C\C/C=C\CCCCCCCC(=O)OC[C@H](COC(=O)CCCCCCCCCCCCCCCCCCCCCCC)OC(=O)CCCCCCCCC/C=C\CCCCCCCC. The number of unbranched alkanes of at least 4 members (excludes halogenated alkanes) is 38. The Bertz CT molecular complexity index is 1230. The Morgan fingerprint density at radius 1 is 0.296 bits per heavy atom. The van der Waals surface area contributed by atoms with Gasteiger partial charge in [0.2, 0.25) is 0 Å². The summed E-state index contributed by atoms with van der Waals surface area (Å²) in [6, 6.07) is 0. The van der Waals surface area contributed by atoms with Crippen LogP contribution in [0.4, 0.5) is 0 Å². The van der Waals surface area contributed by atoms with Crippen LogP contribution < -0.4 is 0 Å². The number of hydrogen-bond acceptors (Lipinski definition) is 6. The fourth-order valence-electron chi connectivity index (χ4n) is 9.16. The molecule has 0 aromatic carbocycles. The minimum Gasteiger partial charge on any atom is -0.462 e. The minimum atomic E-state index is -0.781. The van der Waals surface area contributed by atoms with Gasteiger partial charge in [-0.25, -0.2) is 0 Å². The van der Waals surface area contributed by atoms with Gasteiger partial charge in [-0.2, -0.15) is 0 Å². The third-order valence-corrected chi connectivity index (χ3v) is 13.8. The second-order valence-corrected chi connectivity index (χ2v) is 20.9. The van der Waals surface area contributed by atoms with Crippen molar-refractivity contribution >= 4 is 17.9 Å². The van der Waals surface area contributed by atoms with E-state index in [0.717, 1.165) is 96.3 Å². The lowest BCUT2D eigenvalue weighted by Crippen LogP contribution is -2.30. The monoisotopic (exact) mass is 995 g/mol. The second kappa shape index (κ2) is 59.9. The molecular formula is C65H118O6. The summed E-state index contributed by atoms with van der Waals surface area (Å²) in [6.07, 6.45) is 74.0. The lowest BCUT2D eigenvalue weighted by molar-refractivity contribution is -0.167. The van der Waals surface area contributed by atoms with Gasteiger partial charge in [-0.05, 0) is 77.0 Å². The van der Waals surface area contributed by atoms with Crippen molar-refractivity contribution < 1.29 is 28.6 Å². The Morgan fingerprint density at radius 2 is 0.549 bits per heavy atom. The van der Waals surface area contributed by atoms with E-state index in [1.54, 1.807) is 0 Å². The predicted octanol–water partition coefficient (Wildman–Crippen LogP) is 21.0. The molecule has 0 bridgehead atoms. The summed E-state index contributed by atoms with van der Waals surface area (Å²) in [6.45, 7) is 6.56. The van der Waals surface area contributed by atoms with Crippen LogP contribution in [-0.2, 0) is 28.6 Å². The lowest BCUT2D eigenvalue weighted by Gasteiger charge is -2.18. The molecule has 1 atom stereocenters. The first-order valence-corrected chi connectivity index (χ1v) is 31.1. The van der Waals surface area contributed by atoms with Crippen LogP contribution in [0, 0.1) is 0 Å². The number of hydrogen-bond donors (Lipinski definition) is 0. The predicted molar refractivity (Wildman–Crippen MR) is 307 cm³/mol. The quantitative estimate of drug-likeness (QED) is 0.0261. The first-order valence-electron chi connectivity index (χ1n) is 31.1. The van der Waals surface area contributed by atoms with Crippen molar-refractivity contribution in [2.75, 3.05) is 13.2 Å². The van der Waals surface area contributed by atoms with Gasteiger partial charge < -0.3 is 14.2 Å². The van der Waals surface area contributed by atoms with Crippen molar-refractivity contribution in [2.45, 2.75) is 335 Å². The van der Waals surface area contributed by atoms with Crippen molar-refractivity contribution in [1.29, 1.82) is 0 Å². The second-order valence-electron chi connectivity index (χ2n) is 20.9. The van der Waals surface area contributed by atoms with Gasteiger partial charge in [0, 0.05) is 19.3 Å². The highest BCUT2D eigenvalue weighted by atomic mass is 16.6. The maximum absolute atomic E-state index is 12.9. The van der Waals surface area contributed by atoms with Gasteiger partial charge in [-0.3, -0.25) is 14.4 Å². The Labute approximate surface area is 441 Å². The minimum absolute atomic E-state index is 0.0770. The average molecular weight is 996 g/mol. The van der Waals surface area contributed by atoms with Crippen LogP contribution in [0.5, 0.6) is 0 Å². The highest BCUT2D eigenvalue weighted by Crippen LogP contribution is 2.17. The molecule has 6 heteroatoms. The topological polar surface area (TPSA) is 78.9 Å². The van der Waals surface area contributed by atoms with E-state index >= 15 is 0 Å². The van der Waals surface area contributed by atoms with Crippen LogP contribution in [0.25, 0.3) is 0 Å². The molecule has 0 aromatic heterocycles. The molecule has 0 fully saturated rings. The zero-order chi connectivity index (χ0) is 51.4. The van der Waals surface area contributed by atoms with Crippen molar-refractivity contribution in [2.24, 2.45) is 0 Å². The van der Waals surface area contributed by atoms with Gasteiger partial charge in [-0.15, -0.1) is 0 Å². The molecule has 0 N–H and O–H groups in total. The van der Waals surface area contributed by atoms with E-state index in [-0.39, 0.29) is 31.1 Å². The number of ether oxygens (including phenoxy) is 3. The molecule has 0 saturated carbocycles. The maximum atomic E-state index is 12.9. The molecule has 71 heavy (non-hydrogen) atoms. The first kappa shape index (κ1) is 68.4. The molecule has 414 valence electrons. The Hall–Kier alpha value is -2.63. The van der Waals surface area contributed by atoms with Crippen LogP contribution in [-0.4, -0.2) is 37.2 Å². The zero-order valence-electron chi connectivity index (χ0n) is 47.5. The fraction of sp³-hybridized carbons (Fsp3) is 0.831. The van der Waals surface area contributed by atoms with Crippen LogP contribution in [0.3, 0.4) is 0 Å². The number of carbonyl (C=O) groups excluding carboxylic acids is 3. The largest absolute Gasteiger partial charge is 0.462 e. The molecule has 0 aliphatic heterocycles. The van der Waals surface area contributed by atoms with Gasteiger partial charge >= 0.3 is 17.9 Å². The van der Waals surface area contributed by atoms with E-state index in [1.165, 1.54) is 193 Å². The number of carbonyl (C=O) groups is 3. The van der Waals surface area contributed by atoms with Gasteiger partial charge in [-0.1, -0.05) is 281 Å². The molecule has 6 nitrogen and oxygen atoms in total. The van der Waals surface area contributed by atoms with Crippen LogP contribution in [0.15, 0.2) is 48.6 Å². The average Bonchev–Trinajstić information content (AvgIpc) is 3.37. The molecule has 0 radical (unpaired) electrons. The summed E-state index contributed by atoms with van der Waals surface area (Å²) >= 11 is 0. The normalized spacial score (nSPS) is 12.3. The summed E-state index contributed by atoms with van der Waals surface area (Å²) < 4.78 is 16.9. The lowest BCUT2D eigenvalue weighted by atomic mass is 10.0. The molecular weight excluding hydrogens is 877 g/mol. The number of allylic oxidation sites excluding steroid dienone is 8. The summed E-state index contributed by atoms with van der Waals surface area (Å²) in [5, 5.41) is 0. The third kappa shape index (κ3) is 58.1.